The van der Waals surface area contributed by atoms with Gasteiger partial charge in [0.05, 0.1) is 6.10 Å². The highest BCUT2D eigenvalue weighted by Crippen LogP contribution is 2.35. The van der Waals surface area contributed by atoms with Gasteiger partial charge in [0, 0.05) is 24.7 Å². The predicted molar refractivity (Wildman–Crippen MR) is 77.6 cm³/mol. The van der Waals surface area contributed by atoms with Crippen LogP contribution in [0.2, 0.25) is 0 Å². The van der Waals surface area contributed by atoms with Gasteiger partial charge in [-0.05, 0) is 54.0 Å². The maximum Gasteiger partial charge on any atom is 0.410 e. The van der Waals surface area contributed by atoms with Crippen molar-refractivity contribution in [2.45, 2.75) is 70.2 Å². The minimum absolute atomic E-state index is 0.0122. The molecule has 1 aliphatic carbocycles. The molecular formula is C15H28N2O3. The van der Waals surface area contributed by atoms with Gasteiger partial charge in [0.15, 0.2) is 0 Å². The number of aliphatic hydroxyl groups excluding tert-OH is 1. The van der Waals surface area contributed by atoms with Crippen molar-refractivity contribution in [3.63, 3.8) is 0 Å². The van der Waals surface area contributed by atoms with Crippen LogP contribution < -0.4 is 0 Å². The van der Waals surface area contributed by atoms with Crippen molar-refractivity contribution >= 4 is 6.09 Å². The molecule has 0 aromatic heterocycles. The fourth-order valence-corrected chi connectivity index (χ4v) is 3.03. The summed E-state index contributed by atoms with van der Waals surface area (Å²) in [5.41, 5.74) is -0.457. The topological polar surface area (TPSA) is 53.0 Å². The van der Waals surface area contributed by atoms with Crippen molar-refractivity contribution in [1.29, 1.82) is 0 Å². The van der Waals surface area contributed by atoms with Crippen LogP contribution in [0.3, 0.4) is 0 Å². The number of nitrogens with zero attached hydrogens (tertiary/aromatic N) is 2. The number of aliphatic hydroxyl groups is 1. The summed E-state index contributed by atoms with van der Waals surface area (Å²) in [6, 6.07) is 0.439. The van der Waals surface area contributed by atoms with Crippen LogP contribution in [0.4, 0.5) is 4.79 Å². The smallest absolute Gasteiger partial charge is 0.410 e. The Morgan fingerprint density at radius 3 is 2.50 bits per heavy atom. The number of amides is 1. The van der Waals surface area contributed by atoms with Gasteiger partial charge in [-0.1, -0.05) is 0 Å². The Balaban J connectivity index is 1.92. The number of rotatable bonds is 2. The van der Waals surface area contributed by atoms with E-state index in [0.717, 1.165) is 25.8 Å². The predicted octanol–water partition coefficient (Wildman–Crippen LogP) is 1.84. The van der Waals surface area contributed by atoms with Crippen LogP contribution in [-0.2, 0) is 4.74 Å². The molecule has 1 heterocycles. The lowest BCUT2D eigenvalue weighted by molar-refractivity contribution is -0.0300. The van der Waals surface area contributed by atoms with Gasteiger partial charge in [-0.3, -0.25) is 4.90 Å². The first-order valence-corrected chi connectivity index (χ1v) is 7.50. The van der Waals surface area contributed by atoms with E-state index < -0.39 is 5.60 Å². The highest BCUT2D eigenvalue weighted by Gasteiger charge is 2.45. The molecule has 20 heavy (non-hydrogen) atoms. The van der Waals surface area contributed by atoms with Gasteiger partial charge in [-0.15, -0.1) is 0 Å². The molecule has 0 spiro atoms. The van der Waals surface area contributed by atoms with E-state index in [1.165, 1.54) is 0 Å². The molecule has 1 atom stereocenters. The van der Waals surface area contributed by atoms with Gasteiger partial charge in [0.1, 0.15) is 5.60 Å². The summed E-state index contributed by atoms with van der Waals surface area (Å²) in [5.74, 6) is 0. The number of likely N-dealkylation sites (N-methyl/N-ethyl adjacent to an activating group) is 1. The Kier molecular flexibility index (Phi) is 4.04. The minimum atomic E-state index is -0.444. The molecule has 0 bridgehead atoms. The van der Waals surface area contributed by atoms with Gasteiger partial charge in [0.25, 0.3) is 0 Å². The van der Waals surface area contributed by atoms with Crippen LogP contribution in [0.15, 0.2) is 0 Å². The Morgan fingerprint density at radius 1 is 1.40 bits per heavy atom. The van der Waals surface area contributed by atoms with Crippen LogP contribution in [0.1, 0.15) is 47.0 Å². The summed E-state index contributed by atoms with van der Waals surface area (Å²) in [6.45, 7) is 9.31. The Morgan fingerprint density at radius 2 is 2.00 bits per heavy atom. The first-order chi connectivity index (χ1) is 9.11. The maximum atomic E-state index is 12.1. The van der Waals surface area contributed by atoms with Gasteiger partial charge in [-0.2, -0.15) is 0 Å². The Labute approximate surface area is 121 Å². The third-order valence-corrected chi connectivity index (χ3v) is 4.59. The largest absolute Gasteiger partial charge is 0.444 e. The molecule has 2 rings (SSSR count). The molecule has 116 valence electrons. The second-order valence-electron chi connectivity index (χ2n) is 7.54. The van der Waals surface area contributed by atoms with E-state index in [1.54, 1.807) is 4.90 Å². The molecule has 1 saturated heterocycles. The lowest BCUT2D eigenvalue weighted by Crippen LogP contribution is -2.56. The SMILES string of the molecule is CN(C1CC(O)C1)C1(C)CCN(C(=O)OC(C)(C)C)C1. The van der Waals surface area contributed by atoms with Crippen molar-refractivity contribution in [1.82, 2.24) is 9.80 Å². The van der Waals surface area contributed by atoms with Crippen molar-refractivity contribution in [3.05, 3.63) is 0 Å². The van der Waals surface area contributed by atoms with Crippen molar-refractivity contribution in [2.75, 3.05) is 20.1 Å². The van der Waals surface area contributed by atoms with E-state index in [0.29, 0.717) is 12.6 Å². The molecule has 0 aromatic carbocycles. The third-order valence-electron chi connectivity index (χ3n) is 4.59. The van der Waals surface area contributed by atoms with Gasteiger partial charge in [0.2, 0.25) is 0 Å². The summed E-state index contributed by atoms with van der Waals surface area (Å²) in [5, 5.41) is 9.45. The summed E-state index contributed by atoms with van der Waals surface area (Å²) < 4.78 is 5.44. The fourth-order valence-electron chi connectivity index (χ4n) is 3.03. The molecule has 1 saturated carbocycles. The highest BCUT2D eigenvalue weighted by atomic mass is 16.6. The zero-order valence-electron chi connectivity index (χ0n) is 13.3. The summed E-state index contributed by atoms with van der Waals surface area (Å²) >= 11 is 0. The van der Waals surface area contributed by atoms with E-state index in [-0.39, 0.29) is 17.7 Å². The lowest BCUT2D eigenvalue weighted by Gasteiger charge is -2.46. The van der Waals surface area contributed by atoms with Crippen LogP contribution >= 0.6 is 0 Å². The molecular weight excluding hydrogens is 256 g/mol. The third kappa shape index (κ3) is 3.26. The average Bonchev–Trinajstić information content (AvgIpc) is 2.66. The monoisotopic (exact) mass is 284 g/mol. The Bertz CT molecular complexity index is 374. The van der Waals surface area contributed by atoms with Crippen LogP contribution in [0.25, 0.3) is 0 Å². The standard InChI is InChI=1S/C15H28N2O3/c1-14(2,3)20-13(19)17-7-6-15(4,10-17)16(5)11-8-12(18)9-11/h11-12,18H,6-10H2,1-5H3. The number of carbonyl (C=O) groups is 1. The lowest BCUT2D eigenvalue weighted by atomic mass is 9.84. The highest BCUT2D eigenvalue weighted by molar-refractivity contribution is 5.68. The quantitative estimate of drug-likeness (QED) is 0.840. The summed E-state index contributed by atoms with van der Waals surface area (Å²) in [7, 11) is 2.11. The van der Waals surface area contributed by atoms with E-state index in [2.05, 4.69) is 18.9 Å². The molecule has 1 amide bonds. The van der Waals surface area contributed by atoms with Crippen LogP contribution in [0, 0.1) is 0 Å². The van der Waals surface area contributed by atoms with Crippen molar-refractivity contribution in [2.24, 2.45) is 0 Å². The van der Waals surface area contributed by atoms with E-state index >= 15 is 0 Å². The van der Waals surface area contributed by atoms with Gasteiger partial charge >= 0.3 is 6.09 Å². The van der Waals surface area contributed by atoms with Crippen molar-refractivity contribution in [3.8, 4) is 0 Å². The number of hydrogen-bond acceptors (Lipinski definition) is 4. The molecule has 1 N–H and O–H groups in total. The molecule has 2 fully saturated rings. The second-order valence-corrected chi connectivity index (χ2v) is 7.54. The fraction of sp³-hybridized carbons (Fsp3) is 0.933. The molecule has 1 unspecified atom stereocenters. The first-order valence-electron chi connectivity index (χ1n) is 7.50. The number of ether oxygens (including phenoxy) is 1. The second kappa shape index (κ2) is 5.19. The van der Waals surface area contributed by atoms with Gasteiger partial charge < -0.3 is 14.7 Å². The van der Waals surface area contributed by atoms with Crippen LogP contribution in [0.5, 0.6) is 0 Å². The Hall–Kier alpha value is -0.810. The maximum absolute atomic E-state index is 12.1. The molecule has 5 heteroatoms. The number of carbonyl (C=O) groups excluding carboxylic acids is 1. The van der Waals surface area contributed by atoms with E-state index in [4.69, 9.17) is 4.74 Å². The zero-order valence-corrected chi connectivity index (χ0v) is 13.3. The normalized spacial score (nSPS) is 34.2. The number of hydrogen-bond donors (Lipinski definition) is 1. The average molecular weight is 284 g/mol. The van der Waals surface area contributed by atoms with E-state index in [1.807, 2.05) is 20.8 Å². The molecule has 0 aromatic rings. The zero-order chi connectivity index (χ0) is 15.1. The summed E-state index contributed by atoms with van der Waals surface area (Å²) in [6.07, 6.45) is 2.28. The summed E-state index contributed by atoms with van der Waals surface area (Å²) in [4.78, 5) is 16.3. The molecule has 5 nitrogen and oxygen atoms in total. The first kappa shape index (κ1) is 15.6. The number of likely N-dealkylation sites (tertiary alicyclic amines) is 1. The molecule has 2 aliphatic rings. The van der Waals surface area contributed by atoms with Crippen LogP contribution in [-0.4, -0.2) is 64.4 Å². The molecule has 0 radical (unpaired) electrons. The van der Waals surface area contributed by atoms with Gasteiger partial charge in [-0.25, -0.2) is 4.79 Å². The van der Waals surface area contributed by atoms with Crippen molar-refractivity contribution < 1.29 is 14.6 Å². The van der Waals surface area contributed by atoms with E-state index in [9.17, 15) is 9.90 Å². The minimum Gasteiger partial charge on any atom is -0.444 e. The molecule has 1 aliphatic heterocycles.